The van der Waals surface area contributed by atoms with Crippen LogP contribution in [0.1, 0.15) is 20.7 Å². The summed E-state index contributed by atoms with van der Waals surface area (Å²) in [5.41, 5.74) is 1.07. The number of hydrogen-bond acceptors (Lipinski definition) is 5. The van der Waals surface area contributed by atoms with Gasteiger partial charge in [0.25, 0.3) is 15.9 Å². The topological polar surface area (TPSA) is 102 Å². The molecule has 0 aliphatic heterocycles. The summed E-state index contributed by atoms with van der Waals surface area (Å²) in [7, 11) is -2.88. The third kappa shape index (κ3) is 4.97. The molecule has 154 valence electrons. The van der Waals surface area contributed by atoms with Crippen molar-refractivity contribution in [3.8, 4) is 0 Å². The van der Waals surface area contributed by atoms with Gasteiger partial charge in [-0.05, 0) is 60.7 Å². The number of rotatable bonds is 6. The minimum absolute atomic E-state index is 0.0773. The van der Waals surface area contributed by atoms with Crippen LogP contribution in [0.4, 0.5) is 11.4 Å². The van der Waals surface area contributed by atoms with E-state index in [-0.39, 0.29) is 22.1 Å². The fraction of sp³-hybridized carbons (Fsp3) is 0.0476. The molecule has 3 aromatic carbocycles. The van der Waals surface area contributed by atoms with E-state index in [1.54, 1.807) is 30.3 Å². The van der Waals surface area contributed by atoms with E-state index in [4.69, 9.17) is 11.6 Å². The molecule has 0 aliphatic rings. The molecule has 0 spiro atoms. The predicted molar refractivity (Wildman–Crippen MR) is 114 cm³/mol. The Kier molecular flexibility index (Phi) is 6.39. The van der Waals surface area contributed by atoms with Crippen LogP contribution < -0.4 is 10.0 Å². The number of amides is 1. The Bertz CT molecular complexity index is 1180. The minimum Gasteiger partial charge on any atom is -0.465 e. The number of nitrogens with one attached hydrogen (secondary N) is 2. The summed E-state index contributed by atoms with van der Waals surface area (Å²) in [4.78, 5) is 24.0. The van der Waals surface area contributed by atoms with Crippen LogP contribution in [0.5, 0.6) is 0 Å². The molecule has 0 aromatic heterocycles. The Labute approximate surface area is 178 Å². The van der Waals surface area contributed by atoms with Crippen LogP contribution in [-0.2, 0) is 14.8 Å². The molecule has 7 nitrogen and oxygen atoms in total. The van der Waals surface area contributed by atoms with Crippen molar-refractivity contribution in [2.75, 3.05) is 17.1 Å². The first-order chi connectivity index (χ1) is 14.3. The lowest BCUT2D eigenvalue weighted by molar-refractivity contribution is 0.0596. The number of esters is 1. The predicted octanol–water partition coefficient (Wildman–Crippen LogP) is 4.18. The van der Waals surface area contributed by atoms with E-state index in [2.05, 4.69) is 14.8 Å². The number of carbonyl (C=O) groups is 2. The first-order valence-electron chi connectivity index (χ1n) is 8.67. The van der Waals surface area contributed by atoms with Crippen molar-refractivity contribution in [3.63, 3.8) is 0 Å². The SMILES string of the molecule is COC(=O)c1ccccc1S(=O)(=O)Nc1ccc(C(=O)Nc2ccc(Cl)cc2)cc1. The van der Waals surface area contributed by atoms with Gasteiger partial charge in [0, 0.05) is 22.0 Å². The van der Waals surface area contributed by atoms with Gasteiger partial charge in [-0.1, -0.05) is 23.7 Å². The van der Waals surface area contributed by atoms with Crippen LogP contribution in [0.2, 0.25) is 5.02 Å². The molecule has 0 atom stereocenters. The second-order valence-electron chi connectivity index (χ2n) is 6.13. The molecule has 0 fully saturated rings. The second-order valence-corrected chi connectivity index (χ2v) is 8.22. The summed E-state index contributed by atoms with van der Waals surface area (Å²) in [6.45, 7) is 0. The summed E-state index contributed by atoms with van der Waals surface area (Å²) in [6.07, 6.45) is 0. The van der Waals surface area contributed by atoms with Crippen molar-refractivity contribution in [1.82, 2.24) is 0 Å². The molecule has 1 amide bonds. The lowest BCUT2D eigenvalue weighted by atomic mass is 10.2. The highest BCUT2D eigenvalue weighted by atomic mass is 35.5. The van der Waals surface area contributed by atoms with Gasteiger partial charge in [-0.25, -0.2) is 13.2 Å². The normalized spacial score (nSPS) is 10.9. The smallest absolute Gasteiger partial charge is 0.339 e. The minimum atomic E-state index is -4.05. The molecule has 3 rings (SSSR count). The summed E-state index contributed by atoms with van der Waals surface area (Å²) >= 11 is 5.82. The highest BCUT2D eigenvalue weighted by Gasteiger charge is 2.22. The van der Waals surface area contributed by atoms with E-state index in [1.165, 1.54) is 49.6 Å². The zero-order chi connectivity index (χ0) is 21.7. The third-order valence-corrected chi connectivity index (χ3v) is 5.77. The molecular formula is C21H17ClN2O5S. The van der Waals surface area contributed by atoms with Gasteiger partial charge >= 0.3 is 5.97 Å². The number of anilines is 2. The van der Waals surface area contributed by atoms with E-state index in [9.17, 15) is 18.0 Å². The Morgan fingerprint density at radius 1 is 0.867 bits per heavy atom. The highest BCUT2D eigenvalue weighted by Crippen LogP contribution is 2.21. The Morgan fingerprint density at radius 3 is 2.10 bits per heavy atom. The van der Waals surface area contributed by atoms with Gasteiger partial charge in [0.15, 0.2) is 0 Å². The largest absolute Gasteiger partial charge is 0.465 e. The number of sulfonamides is 1. The standard InChI is InChI=1S/C21H17ClN2O5S/c1-29-21(26)18-4-2-3-5-19(18)30(27,28)24-17-10-6-14(7-11-17)20(25)23-16-12-8-15(22)9-13-16/h2-13,24H,1H3,(H,23,25). The van der Waals surface area contributed by atoms with E-state index in [0.29, 0.717) is 16.3 Å². The van der Waals surface area contributed by atoms with Gasteiger partial charge < -0.3 is 10.1 Å². The molecule has 0 aliphatic carbocycles. The van der Waals surface area contributed by atoms with Crippen molar-refractivity contribution in [1.29, 1.82) is 0 Å². The van der Waals surface area contributed by atoms with Gasteiger partial charge in [0.1, 0.15) is 4.90 Å². The van der Waals surface area contributed by atoms with Crippen molar-refractivity contribution >= 4 is 44.9 Å². The highest BCUT2D eigenvalue weighted by molar-refractivity contribution is 7.92. The van der Waals surface area contributed by atoms with Crippen LogP contribution >= 0.6 is 11.6 Å². The Morgan fingerprint density at radius 2 is 1.47 bits per heavy atom. The number of methoxy groups -OCH3 is 1. The summed E-state index contributed by atoms with van der Waals surface area (Å²) < 4.78 is 32.5. The summed E-state index contributed by atoms with van der Waals surface area (Å²) in [6, 6.07) is 18.2. The van der Waals surface area contributed by atoms with E-state index < -0.39 is 16.0 Å². The third-order valence-electron chi connectivity index (χ3n) is 4.08. The van der Waals surface area contributed by atoms with Gasteiger partial charge in [-0.15, -0.1) is 0 Å². The fourth-order valence-corrected chi connectivity index (χ4v) is 4.00. The van der Waals surface area contributed by atoms with Crippen molar-refractivity contribution in [3.05, 3.63) is 88.9 Å². The maximum absolute atomic E-state index is 12.7. The van der Waals surface area contributed by atoms with Crippen LogP contribution in [0.25, 0.3) is 0 Å². The van der Waals surface area contributed by atoms with Crippen LogP contribution in [0.15, 0.2) is 77.7 Å². The molecule has 0 radical (unpaired) electrons. The number of halogens is 1. The van der Waals surface area contributed by atoms with Gasteiger partial charge in [0.2, 0.25) is 0 Å². The van der Waals surface area contributed by atoms with Crippen molar-refractivity contribution in [2.45, 2.75) is 4.90 Å². The summed E-state index contributed by atoms with van der Waals surface area (Å²) in [5.74, 6) is -1.12. The van der Waals surface area contributed by atoms with E-state index in [1.807, 2.05) is 0 Å². The van der Waals surface area contributed by atoms with Crippen LogP contribution in [0, 0.1) is 0 Å². The first-order valence-corrected chi connectivity index (χ1v) is 10.5. The second kappa shape index (κ2) is 8.98. The number of ether oxygens (including phenoxy) is 1. The summed E-state index contributed by atoms with van der Waals surface area (Å²) in [5, 5.41) is 3.27. The zero-order valence-electron chi connectivity index (χ0n) is 15.8. The lowest BCUT2D eigenvalue weighted by Gasteiger charge is -2.12. The molecule has 0 saturated heterocycles. The van der Waals surface area contributed by atoms with Crippen molar-refractivity contribution in [2.24, 2.45) is 0 Å². The number of benzene rings is 3. The first kappa shape index (κ1) is 21.4. The van der Waals surface area contributed by atoms with Gasteiger partial charge in [-0.3, -0.25) is 9.52 Å². The molecule has 0 unspecified atom stereocenters. The average Bonchev–Trinajstić information content (AvgIpc) is 2.75. The molecule has 0 saturated carbocycles. The van der Waals surface area contributed by atoms with E-state index >= 15 is 0 Å². The molecule has 9 heteroatoms. The number of hydrogen-bond donors (Lipinski definition) is 2. The lowest BCUT2D eigenvalue weighted by Crippen LogP contribution is -2.17. The van der Waals surface area contributed by atoms with Gasteiger partial charge in [-0.2, -0.15) is 0 Å². The van der Waals surface area contributed by atoms with Gasteiger partial charge in [0.05, 0.1) is 12.7 Å². The Balaban J connectivity index is 1.76. The molecule has 0 heterocycles. The fourth-order valence-electron chi connectivity index (χ4n) is 2.62. The molecule has 30 heavy (non-hydrogen) atoms. The quantitative estimate of drug-likeness (QED) is 0.555. The van der Waals surface area contributed by atoms with E-state index in [0.717, 1.165) is 0 Å². The maximum atomic E-state index is 12.7. The monoisotopic (exact) mass is 444 g/mol. The molecular weight excluding hydrogens is 428 g/mol. The Hall–Kier alpha value is -3.36. The van der Waals surface area contributed by atoms with Crippen LogP contribution in [0.3, 0.4) is 0 Å². The average molecular weight is 445 g/mol. The number of carbonyl (C=O) groups excluding carboxylic acids is 2. The van der Waals surface area contributed by atoms with Crippen molar-refractivity contribution < 1.29 is 22.7 Å². The molecule has 0 bridgehead atoms. The molecule has 3 aromatic rings. The zero-order valence-corrected chi connectivity index (χ0v) is 17.3. The maximum Gasteiger partial charge on any atom is 0.339 e. The van der Waals surface area contributed by atoms with Crippen LogP contribution in [-0.4, -0.2) is 27.4 Å². The molecule has 2 N–H and O–H groups in total.